The Hall–Kier alpha value is -2.04. The van der Waals surface area contributed by atoms with Crippen LogP contribution < -0.4 is 5.32 Å². The van der Waals surface area contributed by atoms with E-state index in [-0.39, 0.29) is 12.0 Å². The van der Waals surface area contributed by atoms with Gasteiger partial charge in [0.2, 0.25) is 0 Å². The first-order chi connectivity index (χ1) is 12.6. The standard InChI is InChI=1S/C21H30N2O3/c1-3-26-21(25)23-18-9-10-19(23)14-16(13-18)7-5-11-22-20(24)17-8-4-6-15(2)12-17/h4,6,8,12,16,18-19H,3,5,7,9-11,13-14H2,1-2H3,(H,22,24). The van der Waals surface area contributed by atoms with E-state index in [0.717, 1.165) is 49.7 Å². The molecule has 2 aliphatic heterocycles. The summed E-state index contributed by atoms with van der Waals surface area (Å²) in [5.74, 6) is 0.653. The van der Waals surface area contributed by atoms with Crippen LogP contribution in [0.4, 0.5) is 4.79 Å². The lowest BCUT2D eigenvalue weighted by molar-refractivity contribution is 0.0588. The number of nitrogens with one attached hydrogen (secondary N) is 1. The molecule has 1 N–H and O–H groups in total. The summed E-state index contributed by atoms with van der Waals surface area (Å²) >= 11 is 0. The van der Waals surface area contributed by atoms with Crippen molar-refractivity contribution in [1.82, 2.24) is 10.2 Å². The summed E-state index contributed by atoms with van der Waals surface area (Å²) in [6.07, 6.45) is 6.30. The Morgan fingerprint density at radius 3 is 2.62 bits per heavy atom. The van der Waals surface area contributed by atoms with Crippen molar-refractivity contribution in [2.45, 2.75) is 64.5 Å². The van der Waals surface area contributed by atoms with Gasteiger partial charge >= 0.3 is 6.09 Å². The minimum Gasteiger partial charge on any atom is -0.450 e. The van der Waals surface area contributed by atoms with Crippen molar-refractivity contribution in [2.24, 2.45) is 5.92 Å². The van der Waals surface area contributed by atoms with E-state index in [0.29, 0.717) is 31.2 Å². The zero-order chi connectivity index (χ0) is 18.5. The molecule has 1 aromatic rings. The van der Waals surface area contributed by atoms with Gasteiger partial charge in [-0.25, -0.2) is 4.79 Å². The lowest BCUT2D eigenvalue weighted by atomic mass is 9.87. The van der Waals surface area contributed by atoms with Crippen molar-refractivity contribution in [2.75, 3.05) is 13.2 Å². The quantitative estimate of drug-likeness (QED) is 0.785. The van der Waals surface area contributed by atoms with E-state index in [4.69, 9.17) is 4.74 Å². The number of aryl methyl sites for hydroxylation is 1. The van der Waals surface area contributed by atoms with Gasteiger partial charge in [-0.2, -0.15) is 0 Å². The first kappa shape index (κ1) is 18.7. The molecule has 142 valence electrons. The van der Waals surface area contributed by atoms with Crippen molar-refractivity contribution in [3.63, 3.8) is 0 Å². The third kappa shape index (κ3) is 4.37. The van der Waals surface area contributed by atoms with E-state index in [1.54, 1.807) is 0 Å². The Balaban J connectivity index is 1.40. The summed E-state index contributed by atoms with van der Waals surface area (Å²) in [5.41, 5.74) is 1.83. The molecule has 0 saturated carbocycles. The van der Waals surface area contributed by atoms with Gasteiger partial charge in [0, 0.05) is 24.2 Å². The molecule has 2 amide bonds. The van der Waals surface area contributed by atoms with Gasteiger partial charge in [-0.05, 0) is 70.4 Å². The van der Waals surface area contributed by atoms with Gasteiger partial charge in [-0.15, -0.1) is 0 Å². The monoisotopic (exact) mass is 358 g/mol. The number of hydrogen-bond acceptors (Lipinski definition) is 3. The summed E-state index contributed by atoms with van der Waals surface area (Å²) in [7, 11) is 0. The van der Waals surface area contributed by atoms with E-state index in [9.17, 15) is 9.59 Å². The SMILES string of the molecule is CCOC(=O)N1C2CCC1CC(CCCNC(=O)c1cccc(C)c1)C2. The average molecular weight is 358 g/mol. The fourth-order valence-corrected chi connectivity index (χ4v) is 4.50. The number of piperidine rings is 1. The Labute approximate surface area is 156 Å². The number of carbonyl (C=O) groups excluding carboxylic acids is 2. The average Bonchev–Trinajstić information content (AvgIpc) is 2.89. The fourth-order valence-electron chi connectivity index (χ4n) is 4.50. The second kappa shape index (κ2) is 8.56. The molecule has 2 fully saturated rings. The van der Waals surface area contributed by atoms with Crippen LogP contribution in [-0.4, -0.2) is 42.1 Å². The molecule has 0 aliphatic carbocycles. The van der Waals surface area contributed by atoms with Crippen LogP contribution in [0.2, 0.25) is 0 Å². The van der Waals surface area contributed by atoms with Crippen molar-refractivity contribution >= 4 is 12.0 Å². The third-order valence-corrected chi connectivity index (χ3v) is 5.66. The van der Waals surface area contributed by atoms with Crippen LogP contribution in [0.1, 0.15) is 61.4 Å². The largest absolute Gasteiger partial charge is 0.450 e. The maximum atomic E-state index is 12.2. The van der Waals surface area contributed by atoms with Crippen molar-refractivity contribution in [1.29, 1.82) is 0 Å². The van der Waals surface area contributed by atoms with Gasteiger partial charge in [-0.1, -0.05) is 17.7 Å². The number of benzene rings is 1. The summed E-state index contributed by atoms with van der Waals surface area (Å²) in [4.78, 5) is 26.3. The fraction of sp³-hybridized carbons (Fsp3) is 0.619. The summed E-state index contributed by atoms with van der Waals surface area (Å²) in [5, 5.41) is 3.02. The molecule has 26 heavy (non-hydrogen) atoms. The van der Waals surface area contributed by atoms with Crippen molar-refractivity contribution in [3.05, 3.63) is 35.4 Å². The molecular formula is C21H30N2O3. The lowest BCUT2D eigenvalue weighted by Gasteiger charge is -2.38. The van der Waals surface area contributed by atoms with Crippen molar-refractivity contribution in [3.8, 4) is 0 Å². The van der Waals surface area contributed by atoms with Crippen LogP contribution >= 0.6 is 0 Å². The molecule has 0 aromatic heterocycles. The van der Waals surface area contributed by atoms with Crippen molar-refractivity contribution < 1.29 is 14.3 Å². The van der Waals surface area contributed by atoms with E-state index in [1.807, 2.05) is 43.0 Å². The van der Waals surface area contributed by atoms with Crippen LogP contribution in [-0.2, 0) is 4.74 Å². The molecular weight excluding hydrogens is 328 g/mol. The summed E-state index contributed by atoms with van der Waals surface area (Å²) < 4.78 is 5.21. The van der Waals surface area contributed by atoms with Crippen LogP contribution in [0.3, 0.4) is 0 Å². The molecule has 1 aromatic carbocycles. The van der Waals surface area contributed by atoms with Gasteiger partial charge in [0.15, 0.2) is 0 Å². The zero-order valence-corrected chi connectivity index (χ0v) is 15.9. The molecule has 2 unspecified atom stereocenters. The third-order valence-electron chi connectivity index (χ3n) is 5.66. The predicted octanol–water partition coefficient (Wildman–Crippen LogP) is 3.90. The van der Waals surface area contributed by atoms with E-state index in [2.05, 4.69) is 5.32 Å². The molecule has 2 heterocycles. The number of carbonyl (C=O) groups is 2. The first-order valence-corrected chi connectivity index (χ1v) is 9.88. The molecule has 2 atom stereocenters. The topological polar surface area (TPSA) is 58.6 Å². The number of hydrogen-bond donors (Lipinski definition) is 1. The molecule has 2 saturated heterocycles. The Kier molecular flexibility index (Phi) is 6.17. The first-order valence-electron chi connectivity index (χ1n) is 9.88. The van der Waals surface area contributed by atoms with Gasteiger partial charge in [0.1, 0.15) is 0 Å². The smallest absolute Gasteiger partial charge is 0.410 e. The second-order valence-corrected chi connectivity index (χ2v) is 7.60. The van der Waals surface area contributed by atoms with Gasteiger partial charge in [0.25, 0.3) is 5.91 Å². The summed E-state index contributed by atoms with van der Waals surface area (Å²) in [6, 6.07) is 8.37. The number of rotatable bonds is 6. The Morgan fingerprint density at radius 2 is 1.96 bits per heavy atom. The Morgan fingerprint density at radius 1 is 1.23 bits per heavy atom. The maximum Gasteiger partial charge on any atom is 0.410 e. The number of ether oxygens (including phenoxy) is 1. The normalized spacial score (nSPS) is 24.4. The van der Waals surface area contributed by atoms with Crippen LogP contribution in [0.25, 0.3) is 0 Å². The molecule has 2 aliphatic rings. The highest BCUT2D eigenvalue weighted by Gasteiger charge is 2.43. The maximum absolute atomic E-state index is 12.2. The highest BCUT2D eigenvalue weighted by molar-refractivity contribution is 5.94. The van der Waals surface area contributed by atoms with Crippen LogP contribution in [0, 0.1) is 12.8 Å². The highest BCUT2D eigenvalue weighted by Crippen LogP contribution is 2.40. The molecule has 0 spiro atoms. The van der Waals surface area contributed by atoms with Gasteiger partial charge in [0.05, 0.1) is 6.61 Å². The van der Waals surface area contributed by atoms with E-state index < -0.39 is 0 Å². The molecule has 0 radical (unpaired) electrons. The number of fused-ring (bicyclic) bond motifs is 2. The summed E-state index contributed by atoms with van der Waals surface area (Å²) in [6.45, 7) is 5.00. The lowest BCUT2D eigenvalue weighted by Crippen LogP contribution is -2.46. The highest BCUT2D eigenvalue weighted by atomic mass is 16.6. The minimum atomic E-state index is -0.135. The molecule has 5 heteroatoms. The Bertz CT molecular complexity index is 632. The van der Waals surface area contributed by atoms with Gasteiger partial charge < -0.3 is 15.0 Å². The number of amides is 2. The molecule has 3 rings (SSSR count). The molecule has 2 bridgehead atoms. The zero-order valence-electron chi connectivity index (χ0n) is 15.9. The minimum absolute atomic E-state index is 0.00546. The van der Waals surface area contributed by atoms with E-state index >= 15 is 0 Å². The molecule has 5 nitrogen and oxygen atoms in total. The van der Waals surface area contributed by atoms with Crippen LogP contribution in [0.15, 0.2) is 24.3 Å². The van der Waals surface area contributed by atoms with E-state index in [1.165, 1.54) is 0 Å². The van der Waals surface area contributed by atoms with Gasteiger partial charge in [-0.3, -0.25) is 4.79 Å². The van der Waals surface area contributed by atoms with Crippen LogP contribution in [0.5, 0.6) is 0 Å². The number of nitrogens with zero attached hydrogens (tertiary/aromatic N) is 1. The predicted molar refractivity (Wildman–Crippen MR) is 101 cm³/mol. The second-order valence-electron chi connectivity index (χ2n) is 7.60.